The zero-order chi connectivity index (χ0) is 8.10. The molecule has 0 aromatic heterocycles. The van der Waals surface area contributed by atoms with Crippen LogP contribution in [0.1, 0.15) is 0 Å². The van der Waals surface area contributed by atoms with Crippen LogP contribution < -0.4 is 5.30 Å². The Morgan fingerprint density at radius 1 is 1.00 bits per heavy atom. The Bertz CT molecular complexity index is 230. The molecule has 0 saturated heterocycles. The Labute approximate surface area is 69.0 Å². The molecular weight excluding hydrogens is 151 g/mol. The SMILES string of the molecule is C=CP(C=C)c1ccccc1. The van der Waals surface area contributed by atoms with Crippen LogP contribution in [0.5, 0.6) is 0 Å². The minimum atomic E-state index is -0.324. The van der Waals surface area contributed by atoms with Crippen molar-refractivity contribution in [3.63, 3.8) is 0 Å². The summed E-state index contributed by atoms with van der Waals surface area (Å²) in [5, 5.41) is 1.31. The molecule has 0 aliphatic heterocycles. The van der Waals surface area contributed by atoms with Crippen molar-refractivity contribution in [1.29, 1.82) is 0 Å². The lowest BCUT2D eigenvalue weighted by molar-refractivity contribution is 1.77. The van der Waals surface area contributed by atoms with Gasteiger partial charge in [0.2, 0.25) is 0 Å². The Morgan fingerprint density at radius 2 is 1.55 bits per heavy atom. The summed E-state index contributed by atoms with van der Waals surface area (Å²) in [6.45, 7) is 7.53. The van der Waals surface area contributed by atoms with Gasteiger partial charge in [0.15, 0.2) is 0 Å². The van der Waals surface area contributed by atoms with Crippen molar-refractivity contribution in [3.8, 4) is 0 Å². The Hall–Kier alpha value is -0.870. The smallest absolute Gasteiger partial charge is 0.0162 e. The standard InChI is InChI=1S/C10H11P/c1-3-11(4-2)10-8-6-5-7-9-10/h3-9H,1-2H2. The molecule has 1 aromatic carbocycles. The van der Waals surface area contributed by atoms with E-state index in [4.69, 9.17) is 0 Å². The van der Waals surface area contributed by atoms with Gasteiger partial charge in [0.05, 0.1) is 0 Å². The van der Waals surface area contributed by atoms with E-state index in [1.165, 1.54) is 5.30 Å². The maximum atomic E-state index is 3.77. The van der Waals surface area contributed by atoms with Gasteiger partial charge >= 0.3 is 0 Å². The van der Waals surface area contributed by atoms with E-state index in [-0.39, 0.29) is 7.92 Å². The molecule has 0 unspecified atom stereocenters. The molecule has 0 spiro atoms. The molecule has 1 heteroatoms. The lowest BCUT2D eigenvalue weighted by Gasteiger charge is -2.05. The molecular formula is C10H11P. The highest BCUT2D eigenvalue weighted by atomic mass is 31.1. The molecule has 0 saturated carbocycles. The van der Waals surface area contributed by atoms with Crippen LogP contribution in [0, 0.1) is 0 Å². The number of rotatable bonds is 3. The summed E-state index contributed by atoms with van der Waals surface area (Å²) in [4.78, 5) is 0. The first-order chi connectivity index (χ1) is 5.38. The van der Waals surface area contributed by atoms with Crippen LogP contribution in [0.3, 0.4) is 0 Å². The maximum Gasteiger partial charge on any atom is -0.0162 e. The van der Waals surface area contributed by atoms with E-state index < -0.39 is 0 Å². The van der Waals surface area contributed by atoms with Gasteiger partial charge in [-0.1, -0.05) is 55.1 Å². The Balaban J connectivity index is 2.90. The van der Waals surface area contributed by atoms with Gasteiger partial charge in [0, 0.05) is 0 Å². The zero-order valence-electron chi connectivity index (χ0n) is 6.40. The van der Waals surface area contributed by atoms with Crippen molar-refractivity contribution in [2.24, 2.45) is 0 Å². The second-order valence-electron chi connectivity index (χ2n) is 2.11. The van der Waals surface area contributed by atoms with E-state index in [0.29, 0.717) is 0 Å². The Kier molecular flexibility index (Phi) is 3.07. The third kappa shape index (κ3) is 2.03. The van der Waals surface area contributed by atoms with Crippen LogP contribution in [-0.2, 0) is 0 Å². The molecule has 11 heavy (non-hydrogen) atoms. The molecule has 0 aliphatic carbocycles. The van der Waals surface area contributed by atoms with Gasteiger partial charge < -0.3 is 0 Å². The first kappa shape index (κ1) is 8.23. The van der Waals surface area contributed by atoms with Gasteiger partial charge in [-0.25, -0.2) is 0 Å². The van der Waals surface area contributed by atoms with Gasteiger partial charge in [-0.3, -0.25) is 0 Å². The number of benzene rings is 1. The summed E-state index contributed by atoms with van der Waals surface area (Å²) in [6, 6.07) is 10.3. The van der Waals surface area contributed by atoms with Crippen LogP contribution >= 0.6 is 7.92 Å². The molecule has 0 aliphatic rings. The number of hydrogen-bond acceptors (Lipinski definition) is 0. The van der Waals surface area contributed by atoms with Crippen LogP contribution in [0.4, 0.5) is 0 Å². The van der Waals surface area contributed by atoms with Crippen LogP contribution in [0.25, 0.3) is 0 Å². The van der Waals surface area contributed by atoms with Crippen molar-refractivity contribution in [3.05, 3.63) is 55.1 Å². The fourth-order valence-corrected chi connectivity index (χ4v) is 1.97. The molecule has 0 heterocycles. The average molecular weight is 162 g/mol. The largest absolute Gasteiger partial charge is 0.0980 e. The third-order valence-corrected chi connectivity index (χ3v) is 3.13. The topological polar surface area (TPSA) is 0 Å². The lowest BCUT2D eigenvalue weighted by atomic mass is 10.4. The first-order valence-electron chi connectivity index (χ1n) is 3.47. The summed E-state index contributed by atoms with van der Waals surface area (Å²) in [5.74, 6) is 3.91. The van der Waals surface area contributed by atoms with E-state index in [0.717, 1.165) is 0 Å². The predicted octanol–water partition coefficient (Wildman–Crippen LogP) is 3.08. The average Bonchev–Trinajstić information content (AvgIpc) is 2.09. The van der Waals surface area contributed by atoms with Crippen molar-refractivity contribution < 1.29 is 0 Å². The van der Waals surface area contributed by atoms with E-state index in [9.17, 15) is 0 Å². The molecule has 0 radical (unpaired) electrons. The predicted molar refractivity (Wildman–Crippen MR) is 53.4 cm³/mol. The van der Waals surface area contributed by atoms with Crippen LogP contribution in [-0.4, -0.2) is 0 Å². The second-order valence-corrected chi connectivity index (χ2v) is 4.17. The van der Waals surface area contributed by atoms with Gasteiger partial charge in [-0.2, -0.15) is 0 Å². The molecule has 0 atom stereocenters. The van der Waals surface area contributed by atoms with Crippen LogP contribution in [0.2, 0.25) is 0 Å². The van der Waals surface area contributed by atoms with Gasteiger partial charge in [0.1, 0.15) is 0 Å². The second kappa shape index (κ2) is 4.10. The molecule has 1 aromatic rings. The summed E-state index contributed by atoms with van der Waals surface area (Å²) in [7, 11) is -0.324. The minimum absolute atomic E-state index is 0.324. The molecule has 1 rings (SSSR count). The molecule has 0 fully saturated rings. The monoisotopic (exact) mass is 162 g/mol. The fourth-order valence-electron chi connectivity index (χ4n) is 0.885. The van der Waals surface area contributed by atoms with Crippen molar-refractivity contribution >= 4 is 13.2 Å². The van der Waals surface area contributed by atoms with E-state index >= 15 is 0 Å². The van der Waals surface area contributed by atoms with E-state index in [1.54, 1.807) is 0 Å². The minimum Gasteiger partial charge on any atom is -0.0980 e. The first-order valence-corrected chi connectivity index (χ1v) is 4.95. The Morgan fingerprint density at radius 3 is 2.00 bits per heavy atom. The summed E-state index contributed by atoms with van der Waals surface area (Å²) >= 11 is 0. The summed E-state index contributed by atoms with van der Waals surface area (Å²) in [6.07, 6.45) is 0. The highest BCUT2D eigenvalue weighted by molar-refractivity contribution is 7.71. The van der Waals surface area contributed by atoms with Crippen LogP contribution in [0.15, 0.2) is 55.1 Å². The molecule has 0 N–H and O–H groups in total. The van der Waals surface area contributed by atoms with Crippen molar-refractivity contribution in [2.75, 3.05) is 0 Å². The van der Waals surface area contributed by atoms with Crippen molar-refractivity contribution in [1.82, 2.24) is 0 Å². The molecule has 56 valence electrons. The lowest BCUT2D eigenvalue weighted by Crippen LogP contribution is -1.94. The summed E-state index contributed by atoms with van der Waals surface area (Å²) < 4.78 is 0. The van der Waals surface area contributed by atoms with Gasteiger partial charge in [-0.05, 0) is 13.2 Å². The number of hydrogen-bond donors (Lipinski definition) is 0. The van der Waals surface area contributed by atoms with Gasteiger partial charge in [0.25, 0.3) is 0 Å². The highest BCUT2D eigenvalue weighted by Crippen LogP contribution is 2.35. The van der Waals surface area contributed by atoms with Gasteiger partial charge in [-0.15, -0.1) is 0 Å². The highest BCUT2D eigenvalue weighted by Gasteiger charge is 1.98. The third-order valence-electron chi connectivity index (χ3n) is 1.45. The molecule has 0 amide bonds. The quantitative estimate of drug-likeness (QED) is 0.599. The van der Waals surface area contributed by atoms with E-state index in [2.05, 4.69) is 25.3 Å². The summed E-state index contributed by atoms with van der Waals surface area (Å²) in [5.41, 5.74) is 0. The fraction of sp³-hybridized carbons (Fsp3) is 0. The normalized spacial score (nSPS) is 9.55. The van der Waals surface area contributed by atoms with E-state index in [1.807, 2.05) is 29.8 Å². The maximum absolute atomic E-state index is 3.77. The zero-order valence-corrected chi connectivity index (χ0v) is 7.30. The molecule has 0 bridgehead atoms. The molecule has 0 nitrogen and oxygen atoms in total. The van der Waals surface area contributed by atoms with Crippen molar-refractivity contribution in [2.45, 2.75) is 0 Å².